The number of nitrogens with zero attached hydrogens (tertiary/aromatic N) is 2. The van der Waals surface area contributed by atoms with Gasteiger partial charge in [-0.2, -0.15) is 0 Å². The minimum Gasteiger partial charge on any atom is -0.381 e. The zero-order valence-corrected chi connectivity index (χ0v) is 23.1. The van der Waals surface area contributed by atoms with Crippen molar-refractivity contribution < 1.29 is 24.2 Å². The standard InChI is InChI=1S/C31H38N4O5/c1-20-17-21(5-6-22(20)19-34-13-9-31(10-14-34)11-15-40-16-12-31)18-32-24-4-2-3-23-27(24)30(39)35(29(23)38)25-7-8-26(36)33-28(25)37/h2-6,17,25,28,32,37H,7-16,18-19H2,1H3,(H,33,36). The smallest absolute Gasteiger partial charge is 0.264 e. The molecule has 9 nitrogen and oxygen atoms in total. The van der Waals surface area contributed by atoms with Crippen molar-refractivity contribution in [3.05, 3.63) is 64.2 Å². The van der Waals surface area contributed by atoms with Crippen molar-refractivity contribution in [2.45, 2.75) is 70.8 Å². The van der Waals surface area contributed by atoms with E-state index in [1.165, 1.54) is 36.8 Å². The molecule has 4 heterocycles. The molecule has 0 saturated carbocycles. The molecule has 0 radical (unpaired) electrons. The SMILES string of the molecule is Cc1cc(CNc2cccc3c2C(=O)N(C2CCC(=O)NC2O)C3=O)ccc1CN1CCC2(CCOCC2)CC1. The Morgan fingerprint density at radius 2 is 1.82 bits per heavy atom. The van der Waals surface area contributed by atoms with Crippen LogP contribution < -0.4 is 10.6 Å². The van der Waals surface area contributed by atoms with Crippen molar-refractivity contribution in [1.82, 2.24) is 15.1 Å². The molecule has 4 aliphatic heterocycles. The number of rotatable bonds is 6. The highest BCUT2D eigenvalue weighted by molar-refractivity contribution is 6.24. The topological polar surface area (TPSA) is 111 Å². The lowest BCUT2D eigenvalue weighted by Crippen LogP contribution is -2.57. The van der Waals surface area contributed by atoms with Crippen LogP contribution in [0.4, 0.5) is 5.69 Å². The van der Waals surface area contributed by atoms with Crippen LogP contribution >= 0.6 is 0 Å². The number of aryl methyl sites for hydroxylation is 1. The van der Waals surface area contributed by atoms with E-state index in [0.29, 0.717) is 28.8 Å². The number of benzene rings is 2. The highest BCUT2D eigenvalue weighted by Crippen LogP contribution is 2.41. The highest BCUT2D eigenvalue weighted by atomic mass is 16.5. The Balaban J connectivity index is 1.09. The molecule has 3 amide bonds. The van der Waals surface area contributed by atoms with Gasteiger partial charge in [-0.05, 0) is 86.4 Å². The third-order valence-corrected chi connectivity index (χ3v) is 9.37. The molecule has 4 aliphatic rings. The van der Waals surface area contributed by atoms with Crippen molar-refractivity contribution in [2.24, 2.45) is 5.41 Å². The van der Waals surface area contributed by atoms with E-state index in [1.807, 2.05) is 0 Å². The lowest BCUT2D eigenvalue weighted by Gasteiger charge is -2.44. The van der Waals surface area contributed by atoms with Gasteiger partial charge >= 0.3 is 0 Å². The number of anilines is 1. The number of imide groups is 1. The van der Waals surface area contributed by atoms with Gasteiger partial charge in [0.15, 0.2) is 0 Å². The van der Waals surface area contributed by atoms with E-state index in [9.17, 15) is 19.5 Å². The molecule has 2 unspecified atom stereocenters. The summed E-state index contributed by atoms with van der Waals surface area (Å²) in [5.41, 5.74) is 5.39. The lowest BCUT2D eigenvalue weighted by molar-refractivity contribution is -0.129. The Morgan fingerprint density at radius 3 is 2.55 bits per heavy atom. The molecule has 6 rings (SSSR count). The number of ether oxygens (including phenoxy) is 1. The molecular formula is C31H38N4O5. The fourth-order valence-corrected chi connectivity index (χ4v) is 6.77. The van der Waals surface area contributed by atoms with E-state index in [1.54, 1.807) is 18.2 Å². The van der Waals surface area contributed by atoms with Crippen LogP contribution in [0.1, 0.15) is 75.9 Å². The van der Waals surface area contributed by atoms with E-state index in [-0.39, 0.29) is 18.7 Å². The van der Waals surface area contributed by atoms with Crippen LogP contribution in [-0.2, 0) is 22.6 Å². The van der Waals surface area contributed by atoms with Crippen LogP contribution in [0, 0.1) is 12.3 Å². The highest BCUT2D eigenvalue weighted by Gasteiger charge is 2.45. The van der Waals surface area contributed by atoms with Crippen LogP contribution in [0.25, 0.3) is 0 Å². The third-order valence-electron chi connectivity index (χ3n) is 9.37. The first-order valence-corrected chi connectivity index (χ1v) is 14.4. The number of amides is 3. The van der Waals surface area contributed by atoms with Gasteiger partial charge in [0.25, 0.3) is 11.8 Å². The number of hydrogen-bond acceptors (Lipinski definition) is 7. The fourth-order valence-electron chi connectivity index (χ4n) is 6.77. The number of fused-ring (bicyclic) bond motifs is 1. The molecule has 1 spiro atoms. The van der Waals surface area contributed by atoms with Gasteiger partial charge in [-0.3, -0.25) is 24.2 Å². The van der Waals surface area contributed by atoms with E-state index < -0.39 is 24.1 Å². The summed E-state index contributed by atoms with van der Waals surface area (Å²) in [7, 11) is 0. The van der Waals surface area contributed by atoms with Gasteiger partial charge in [0.2, 0.25) is 5.91 Å². The summed E-state index contributed by atoms with van der Waals surface area (Å²) in [5.74, 6) is -1.17. The molecule has 212 valence electrons. The quantitative estimate of drug-likeness (QED) is 0.477. The number of nitrogens with one attached hydrogen (secondary N) is 2. The number of aliphatic hydroxyl groups excluding tert-OH is 1. The molecule has 40 heavy (non-hydrogen) atoms. The summed E-state index contributed by atoms with van der Waals surface area (Å²) in [5, 5.41) is 16.1. The van der Waals surface area contributed by atoms with Gasteiger partial charge in [0, 0.05) is 38.4 Å². The van der Waals surface area contributed by atoms with Crippen LogP contribution in [0.2, 0.25) is 0 Å². The molecule has 0 bridgehead atoms. The Bertz CT molecular complexity index is 1310. The first kappa shape index (κ1) is 26.9. The predicted molar refractivity (Wildman–Crippen MR) is 150 cm³/mol. The largest absolute Gasteiger partial charge is 0.381 e. The zero-order valence-electron chi connectivity index (χ0n) is 23.1. The first-order valence-electron chi connectivity index (χ1n) is 14.4. The molecular weight excluding hydrogens is 508 g/mol. The average molecular weight is 547 g/mol. The molecule has 3 saturated heterocycles. The van der Waals surface area contributed by atoms with Gasteiger partial charge in [0.1, 0.15) is 6.23 Å². The van der Waals surface area contributed by atoms with Gasteiger partial charge in [-0.25, -0.2) is 0 Å². The number of hydrogen-bond donors (Lipinski definition) is 3. The fraction of sp³-hybridized carbons (Fsp3) is 0.516. The maximum atomic E-state index is 13.4. The normalized spacial score (nSPS) is 24.8. The van der Waals surface area contributed by atoms with Crippen LogP contribution in [0.5, 0.6) is 0 Å². The predicted octanol–water partition coefficient (Wildman–Crippen LogP) is 3.19. The minimum absolute atomic E-state index is 0.156. The summed E-state index contributed by atoms with van der Waals surface area (Å²) < 4.78 is 5.59. The summed E-state index contributed by atoms with van der Waals surface area (Å²) >= 11 is 0. The maximum Gasteiger partial charge on any atom is 0.264 e. The second-order valence-corrected chi connectivity index (χ2v) is 11.8. The second-order valence-electron chi connectivity index (χ2n) is 11.8. The van der Waals surface area contributed by atoms with Gasteiger partial charge < -0.3 is 20.5 Å². The van der Waals surface area contributed by atoms with Crippen molar-refractivity contribution in [3.63, 3.8) is 0 Å². The third kappa shape index (κ3) is 5.13. The molecule has 9 heteroatoms. The van der Waals surface area contributed by atoms with Crippen molar-refractivity contribution in [3.8, 4) is 0 Å². The summed E-state index contributed by atoms with van der Waals surface area (Å²) in [6.45, 7) is 7.70. The monoisotopic (exact) mass is 546 g/mol. The van der Waals surface area contributed by atoms with Crippen molar-refractivity contribution >= 4 is 23.4 Å². The van der Waals surface area contributed by atoms with Crippen LogP contribution in [-0.4, -0.2) is 71.2 Å². The molecule has 0 aromatic heterocycles. The molecule has 2 aromatic rings. The summed E-state index contributed by atoms with van der Waals surface area (Å²) in [6.07, 6.45) is 4.03. The summed E-state index contributed by atoms with van der Waals surface area (Å²) in [6, 6.07) is 10.9. The number of carbonyl (C=O) groups excluding carboxylic acids is 3. The summed E-state index contributed by atoms with van der Waals surface area (Å²) in [4.78, 5) is 41.8. The van der Waals surface area contributed by atoms with Crippen molar-refractivity contribution in [2.75, 3.05) is 31.6 Å². The zero-order chi connectivity index (χ0) is 27.9. The van der Waals surface area contributed by atoms with E-state index in [0.717, 1.165) is 43.3 Å². The first-order chi connectivity index (χ1) is 19.3. The molecule has 2 aromatic carbocycles. The molecule has 0 aliphatic carbocycles. The van der Waals surface area contributed by atoms with Gasteiger partial charge in [-0.15, -0.1) is 0 Å². The Kier molecular flexibility index (Phi) is 7.37. The maximum absolute atomic E-state index is 13.4. The average Bonchev–Trinajstić information content (AvgIpc) is 3.21. The molecule has 3 N–H and O–H groups in total. The Hall–Kier alpha value is -3.27. The molecule has 2 atom stereocenters. The Morgan fingerprint density at radius 1 is 1.05 bits per heavy atom. The number of piperidine rings is 2. The van der Waals surface area contributed by atoms with Crippen molar-refractivity contribution in [1.29, 1.82) is 0 Å². The Labute approximate surface area is 234 Å². The second kappa shape index (κ2) is 11.0. The van der Waals surface area contributed by atoms with E-state index in [2.05, 4.69) is 40.7 Å². The number of carbonyl (C=O) groups is 3. The van der Waals surface area contributed by atoms with Crippen LogP contribution in [0.15, 0.2) is 36.4 Å². The van der Waals surface area contributed by atoms with E-state index >= 15 is 0 Å². The number of likely N-dealkylation sites (tertiary alicyclic amines) is 1. The number of aliphatic hydroxyl groups is 1. The van der Waals surface area contributed by atoms with Crippen LogP contribution in [0.3, 0.4) is 0 Å². The minimum atomic E-state index is -1.27. The van der Waals surface area contributed by atoms with E-state index in [4.69, 9.17) is 4.74 Å². The van der Waals surface area contributed by atoms with Gasteiger partial charge in [0.05, 0.1) is 17.2 Å². The lowest BCUT2D eigenvalue weighted by atomic mass is 9.72. The van der Waals surface area contributed by atoms with Gasteiger partial charge in [-0.1, -0.05) is 24.3 Å². The molecule has 3 fully saturated rings.